The van der Waals surface area contributed by atoms with E-state index in [1.165, 1.54) is 44.6 Å². The van der Waals surface area contributed by atoms with Gasteiger partial charge in [-0.25, -0.2) is 8.42 Å². The van der Waals surface area contributed by atoms with Gasteiger partial charge in [0.25, 0.3) is 5.91 Å². The van der Waals surface area contributed by atoms with Crippen molar-refractivity contribution in [1.29, 1.82) is 0 Å². The first-order valence-corrected chi connectivity index (χ1v) is 11.2. The topological polar surface area (TPSA) is 131 Å². The highest BCUT2D eigenvalue weighted by Crippen LogP contribution is 2.31. The van der Waals surface area contributed by atoms with Gasteiger partial charge in [-0.15, -0.1) is 0 Å². The number of aromatic nitrogens is 2. The summed E-state index contributed by atoms with van der Waals surface area (Å²) in [4.78, 5) is 19.9. The summed E-state index contributed by atoms with van der Waals surface area (Å²) in [5.74, 6) is -1.65. The molecule has 0 radical (unpaired) electrons. The second-order valence-electron chi connectivity index (χ2n) is 6.79. The minimum absolute atomic E-state index is 0.0289. The van der Waals surface area contributed by atoms with Crippen molar-refractivity contribution in [2.75, 3.05) is 19.5 Å². The molecule has 0 aliphatic rings. The lowest BCUT2D eigenvalue weighted by Crippen LogP contribution is -2.33. The van der Waals surface area contributed by atoms with Crippen LogP contribution in [-0.2, 0) is 10.0 Å². The van der Waals surface area contributed by atoms with E-state index in [1.54, 1.807) is 0 Å². The summed E-state index contributed by atoms with van der Waals surface area (Å²) in [6.07, 6.45) is -8.79. The zero-order chi connectivity index (χ0) is 26.5. The largest absolute Gasteiger partial charge is 0.483 e. The van der Waals surface area contributed by atoms with E-state index in [0.29, 0.717) is 0 Å². The normalized spacial score (nSPS) is 11.6. The summed E-state index contributed by atoms with van der Waals surface area (Å²) >= 11 is 0. The van der Waals surface area contributed by atoms with E-state index in [1.807, 2.05) is 0 Å². The predicted molar refractivity (Wildman–Crippen MR) is 118 cm³/mol. The van der Waals surface area contributed by atoms with Crippen LogP contribution in [0.5, 0.6) is 17.6 Å². The molecule has 1 aromatic heterocycles. The Balaban J connectivity index is 1.72. The highest BCUT2D eigenvalue weighted by atomic mass is 32.2. The first kappa shape index (κ1) is 26.5. The van der Waals surface area contributed by atoms with Gasteiger partial charge in [-0.05, 0) is 48.3 Å². The number of halogens is 4. The Hall–Kier alpha value is -4.14. The molecule has 0 unspecified atom stereocenters. The molecule has 0 atom stereocenters. The molecule has 0 aliphatic heterocycles. The van der Waals surface area contributed by atoms with Gasteiger partial charge in [0.2, 0.25) is 21.9 Å². The molecule has 3 aromatic rings. The molecule has 36 heavy (non-hydrogen) atoms. The lowest BCUT2D eigenvalue weighted by Gasteiger charge is -2.18. The monoisotopic (exact) mass is 529 g/mol. The third-order valence-corrected chi connectivity index (χ3v) is 5.58. The Bertz CT molecular complexity index is 1320. The molecule has 15 heteroatoms. The number of carbonyl (C=O) groups is 1. The minimum atomic E-state index is -4.73. The van der Waals surface area contributed by atoms with Crippen LogP contribution in [0.2, 0.25) is 0 Å². The van der Waals surface area contributed by atoms with Crippen molar-refractivity contribution in [3.05, 3.63) is 64.9 Å². The standard InChI is InChI=1S/C21H18F4N4O6S/c1-33-17-11-16(27-20(28-17)34-2)29-36(31,32)15-8-6-13(7-9-15)26-18(30)12-4-3-5-14(10-12)35-21(24,25)19(22)23/h3-11,19H,1-2H3,(H2,26,27,28,29,30)/p-1. The molecule has 1 N–H and O–H groups in total. The minimum Gasteiger partial charge on any atom is -0.483 e. The third kappa shape index (κ3) is 6.50. The molecular weight excluding hydrogens is 512 g/mol. The Morgan fingerprint density at radius 3 is 2.33 bits per heavy atom. The summed E-state index contributed by atoms with van der Waals surface area (Å²) in [5, 5.41) is 2.42. The van der Waals surface area contributed by atoms with Crippen LogP contribution in [0, 0.1) is 0 Å². The van der Waals surface area contributed by atoms with Gasteiger partial charge in [0.05, 0.1) is 19.1 Å². The van der Waals surface area contributed by atoms with E-state index >= 15 is 0 Å². The lowest BCUT2D eigenvalue weighted by molar-refractivity contribution is -0.253. The predicted octanol–water partition coefficient (Wildman–Crippen LogP) is 4.38. The van der Waals surface area contributed by atoms with E-state index in [2.05, 4.69) is 24.7 Å². The van der Waals surface area contributed by atoms with Crippen molar-refractivity contribution in [3.63, 3.8) is 0 Å². The van der Waals surface area contributed by atoms with Crippen LogP contribution < -0.4 is 19.5 Å². The van der Waals surface area contributed by atoms with Crippen LogP contribution >= 0.6 is 0 Å². The van der Waals surface area contributed by atoms with Gasteiger partial charge in [0, 0.05) is 17.3 Å². The maximum Gasteiger partial charge on any atom is 0.461 e. The van der Waals surface area contributed by atoms with Gasteiger partial charge in [0.15, 0.2) is 0 Å². The van der Waals surface area contributed by atoms with E-state index in [4.69, 9.17) is 9.47 Å². The number of methoxy groups -OCH3 is 2. The van der Waals surface area contributed by atoms with Crippen molar-refractivity contribution >= 4 is 27.4 Å². The quantitative estimate of drug-likeness (QED) is 0.383. The zero-order valence-electron chi connectivity index (χ0n) is 18.5. The number of hydrogen-bond acceptors (Lipinski definition) is 8. The molecule has 0 spiro atoms. The number of anilines is 1. The molecule has 0 saturated heterocycles. The van der Waals surface area contributed by atoms with Crippen molar-refractivity contribution in [3.8, 4) is 17.6 Å². The number of nitrogens with zero attached hydrogens (tertiary/aromatic N) is 3. The maximum atomic E-state index is 13.1. The number of ether oxygens (including phenoxy) is 3. The van der Waals surface area contributed by atoms with E-state index in [0.717, 1.165) is 24.3 Å². The molecule has 3 rings (SSSR count). The number of benzene rings is 2. The molecule has 0 aliphatic carbocycles. The second-order valence-corrected chi connectivity index (χ2v) is 8.40. The number of carbonyl (C=O) groups excluding carboxylic acids is 1. The average molecular weight is 529 g/mol. The third-order valence-electron chi connectivity index (χ3n) is 4.29. The SMILES string of the molecule is COc1cc([N-]S(=O)(=O)c2ccc(NC(=O)c3cccc(OC(F)(F)C(F)F)c3)cc2)nc(OC)n1. The van der Waals surface area contributed by atoms with Crippen LogP contribution in [0.25, 0.3) is 4.72 Å². The fourth-order valence-electron chi connectivity index (χ4n) is 2.63. The van der Waals surface area contributed by atoms with Crippen molar-refractivity contribution in [2.45, 2.75) is 17.4 Å². The smallest absolute Gasteiger partial charge is 0.461 e. The summed E-state index contributed by atoms with van der Waals surface area (Å²) in [5.41, 5.74) is -0.0236. The Kier molecular flexibility index (Phi) is 7.82. The van der Waals surface area contributed by atoms with Gasteiger partial charge < -0.3 is 29.2 Å². The number of amides is 1. The molecule has 2 aromatic carbocycles. The van der Waals surface area contributed by atoms with Crippen LogP contribution in [0.15, 0.2) is 59.5 Å². The van der Waals surface area contributed by atoms with Gasteiger partial charge in [-0.3, -0.25) is 4.79 Å². The van der Waals surface area contributed by atoms with Crippen LogP contribution in [0.1, 0.15) is 10.4 Å². The highest BCUT2D eigenvalue weighted by molar-refractivity contribution is 7.94. The fourth-order valence-corrected chi connectivity index (χ4v) is 3.55. The molecule has 0 fully saturated rings. The number of alkyl halides is 4. The van der Waals surface area contributed by atoms with Gasteiger partial charge in [0.1, 0.15) is 5.75 Å². The molecule has 1 heterocycles. The zero-order valence-corrected chi connectivity index (χ0v) is 19.3. The number of nitrogens with one attached hydrogen (secondary N) is 1. The first-order chi connectivity index (χ1) is 16.9. The fraction of sp³-hybridized carbons (Fsp3) is 0.190. The van der Waals surface area contributed by atoms with Gasteiger partial charge in [-0.1, -0.05) is 6.07 Å². The van der Waals surface area contributed by atoms with Crippen LogP contribution in [0.4, 0.5) is 29.1 Å². The number of sulfonamides is 1. The van der Waals surface area contributed by atoms with Gasteiger partial charge in [-0.2, -0.15) is 22.5 Å². The van der Waals surface area contributed by atoms with Crippen molar-refractivity contribution in [1.82, 2.24) is 9.97 Å². The van der Waals surface area contributed by atoms with E-state index < -0.39 is 34.2 Å². The van der Waals surface area contributed by atoms with Crippen LogP contribution in [-0.4, -0.2) is 51.0 Å². The van der Waals surface area contributed by atoms with Crippen LogP contribution in [0.3, 0.4) is 0 Å². The van der Waals surface area contributed by atoms with Gasteiger partial charge >= 0.3 is 12.5 Å². The Morgan fingerprint density at radius 1 is 1.03 bits per heavy atom. The Labute approximate surface area is 202 Å². The van der Waals surface area contributed by atoms with Crippen molar-refractivity contribution < 1.29 is 45.0 Å². The number of hydrogen-bond donors (Lipinski definition) is 1. The molecule has 0 bridgehead atoms. The molecule has 0 saturated carbocycles. The molecular formula is C21H17F4N4O6S-. The Morgan fingerprint density at radius 2 is 1.72 bits per heavy atom. The summed E-state index contributed by atoms with van der Waals surface area (Å²) in [7, 11) is -1.63. The van der Waals surface area contributed by atoms with E-state index in [-0.39, 0.29) is 33.9 Å². The summed E-state index contributed by atoms with van der Waals surface area (Å²) < 4.78 is 93.5. The summed E-state index contributed by atoms with van der Waals surface area (Å²) in [6, 6.07) is 10.1. The molecule has 192 valence electrons. The summed E-state index contributed by atoms with van der Waals surface area (Å²) in [6.45, 7) is 0. The molecule has 10 nitrogen and oxygen atoms in total. The first-order valence-electron chi connectivity index (χ1n) is 9.75. The molecule has 1 amide bonds. The van der Waals surface area contributed by atoms with Crippen molar-refractivity contribution in [2.24, 2.45) is 0 Å². The van der Waals surface area contributed by atoms with E-state index in [9.17, 15) is 30.8 Å². The second kappa shape index (κ2) is 10.6. The highest BCUT2D eigenvalue weighted by Gasteiger charge is 2.44. The lowest BCUT2D eigenvalue weighted by atomic mass is 10.2. The maximum absolute atomic E-state index is 13.1. The number of rotatable bonds is 10. The average Bonchev–Trinajstić information content (AvgIpc) is 2.83.